The first-order valence-corrected chi connectivity index (χ1v) is 23.7. The van der Waals surface area contributed by atoms with Crippen LogP contribution in [0.3, 0.4) is 0 Å². The Bertz CT molecular complexity index is 946. The highest BCUT2D eigenvalue weighted by molar-refractivity contribution is 4.94. The maximum Gasteiger partial charge on any atom is 0.280 e. The fraction of sp³-hybridized carbons (Fsp3) is 0.843. The Kier molecular flexibility index (Phi) is 30.8. The number of hydrogen-bond donors (Lipinski definition) is 0. The monoisotopic (exact) mass is 770 g/mol. The first-order chi connectivity index (χ1) is 26.4. The van der Waals surface area contributed by atoms with E-state index in [4.69, 9.17) is 14.2 Å². The molecule has 0 amide bonds. The zero-order valence-corrected chi connectivity index (χ0v) is 38.5. The van der Waals surface area contributed by atoms with Gasteiger partial charge in [0, 0.05) is 12.5 Å². The molecule has 1 heterocycles. The summed E-state index contributed by atoms with van der Waals surface area (Å²) in [6.45, 7) is 16.6. The molecule has 1 fully saturated rings. The molecule has 0 aromatic rings. The Hall–Kier alpha value is -1.20. The van der Waals surface area contributed by atoms with Gasteiger partial charge in [-0.1, -0.05) is 166 Å². The van der Waals surface area contributed by atoms with Gasteiger partial charge >= 0.3 is 0 Å². The van der Waals surface area contributed by atoms with Crippen LogP contribution in [0.1, 0.15) is 228 Å². The maximum atomic E-state index is 6.75. The van der Waals surface area contributed by atoms with Crippen LogP contribution in [0.15, 0.2) is 48.6 Å². The molecule has 0 aromatic carbocycles. The molecule has 1 rings (SSSR count). The quantitative estimate of drug-likeness (QED) is 0.0465. The second-order valence-corrected chi connectivity index (χ2v) is 18.7. The molecular weight excluding hydrogens is 675 g/mol. The molecule has 1 saturated heterocycles. The predicted molar refractivity (Wildman–Crippen MR) is 243 cm³/mol. The van der Waals surface area contributed by atoms with E-state index in [0.717, 1.165) is 38.5 Å². The van der Waals surface area contributed by atoms with Gasteiger partial charge in [0.25, 0.3) is 5.97 Å². The van der Waals surface area contributed by atoms with Crippen LogP contribution in [0.4, 0.5) is 0 Å². The number of allylic oxidation sites excluding steroid dienone is 8. The van der Waals surface area contributed by atoms with Crippen LogP contribution in [0.5, 0.6) is 0 Å². The van der Waals surface area contributed by atoms with E-state index in [1.54, 1.807) is 0 Å². The van der Waals surface area contributed by atoms with Gasteiger partial charge in [0.1, 0.15) is 0 Å². The Balaban J connectivity index is 2.44. The third-order valence-electron chi connectivity index (χ3n) is 11.6. The molecule has 55 heavy (non-hydrogen) atoms. The molecule has 1 aliphatic rings. The summed E-state index contributed by atoms with van der Waals surface area (Å²) >= 11 is 0. The van der Waals surface area contributed by atoms with Gasteiger partial charge in [0.2, 0.25) is 0 Å². The number of rotatable bonds is 37. The van der Waals surface area contributed by atoms with E-state index >= 15 is 0 Å². The summed E-state index contributed by atoms with van der Waals surface area (Å²) in [7, 11) is 4.36. The van der Waals surface area contributed by atoms with Gasteiger partial charge in [-0.15, -0.1) is 0 Å². The van der Waals surface area contributed by atoms with Crippen molar-refractivity contribution in [1.82, 2.24) is 4.90 Å². The molecule has 4 heteroatoms. The van der Waals surface area contributed by atoms with E-state index in [0.29, 0.717) is 6.61 Å². The van der Waals surface area contributed by atoms with Crippen molar-refractivity contribution in [2.24, 2.45) is 5.41 Å². The topological polar surface area (TPSA) is 30.9 Å². The van der Waals surface area contributed by atoms with Crippen LogP contribution in [0, 0.1) is 5.41 Å². The Morgan fingerprint density at radius 3 is 1.42 bits per heavy atom. The molecule has 0 bridgehead atoms. The summed E-state index contributed by atoms with van der Waals surface area (Å²) in [6.07, 6.45) is 54.1. The van der Waals surface area contributed by atoms with E-state index < -0.39 is 5.97 Å². The first kappa shape index (κ1) is 51.8. The lowest BCUT2D eigenvalue weighted by molar-refractivity contribution is -0.344. The molecule has 0 aliphatic carbocycles. The molecule has 2 atom stereocenters. The fourth-order valence-electron chi connectivity index (χ4n) is 8.08. The second-order valence-electron chi connectivity index (χ2n) is 18.7. The highest BCUT2D eigenvalue weighted by Crippen LogP contribution is 2.39. The largest absolute Gasteiger partial charge is 0.325 e. The molecule has 322 valence electrons. The van der Waals surface area contributed by atoms with E-state index in [1.165, 1.54) is 141 Å². The molecular formula is C51H95NO3. The number of hydrogen-bond acceptors (Lipinski definition) is 4. The Labute approximate surface area is 344 Å². The molecule has 4 nitrogen and oxygen atoms in total. The normalized spacial score (nSPS) is 18.6. The van der Waals surface area contributed by atoms with Crippen LogP contribution in [0.2, 0.25) is 0 Å². The molecule has 1 aliphatic heterocycles. The van der Waals surface area contributed by atoms with Crippen molar-refractivity contribution in [3.63, 3.8) is 0 Å². The molecule has 0 N–H and O–H groups in total. The van der Waals surface area contributed by atoms with Gasteiger partial charge in [-0.2, -0.15) is 0 Å². The van der Waals surface area contributed by atoms with Crippen molar-refractivity contribution >= 4 is 0 Å². The van der Waals surface area contributed by atoms with Crippen molar-refractivity contribution in [3.8, 4) is 0 Å². The van der Waals surface area contributed by atoms with Crippen LogP contribution >= 0.6 is 0 Å². The highest BCUT2D eigenvalue weighted by atomic mass is 16.9. The van der Waals surface area contributed by atoms with Crippen molar-refractivity contribution < 1.29 is 14.2 Å². The SMILES string of the molecule is CCCCC/C=C\C/C=C\CCCCCCCCC(CCCCCCCC/C=C\C/C=C\CCCCC)OC1(C)OCC(CC(C)(C)CC(C)(C)N(C)C)O1. The van der Waals surface area contributed by atoms with E-state index in [-0.39, 0.29) is 23.2 Å². The molecule has 0 radical (unpaired) electrons. The van der Waals surface area contributed by atoms with Gasteiger partial charge in [0.15, 0.2) is 0 Å². The highest BCUT2D eigenvalue weighted by Gasteiger charge is 2.43. The van der Waals surface area contributed by atoms with Crippen molar-refractivity contribution in [2.45, 2.75) is 252 Å². The van der Waals surface area contributed by atoms with E-state index in [9.17, 15) is 0 Å². The summed E-state index contributed by atoms with van der Waals surface area (Å²) in [6, 6.07) is 0. The molecule has 0 spiro atoms. The second kappa shape index (κ2) is 32.7. The minimum absolute atomic E-state index is 0.0716. The van der Waals surface area contributed by atoms with Crippen LogP contribution in [0.25, 0.3) is 0 Å². The number of unbranched alkanes of at least 4 members (excludes halogenated alkanes) is 18. The Morgan fingerprint density at radius 2 is 1.00 bits per heavy atom. The van der Waals surface area contributed by atoms with Crippen molar-refractivity contribution in [2.75, 3.05) is 20.7 Å². The Morgan fingerprint density at radius 1 is 0.600 bits per heavy atom. The van der Waals surface area contributed by atoms with Gasteiger partial charge in [-0.05, 0) is 123 Å². The molecule has 0 aromatic heterocycles. The number of nitrogens with zero attached hydrogens (tertiary/aromatic N) is 1. The van der Waals surface area contributed by atoms with Crippen LogP contribution in [-0.4, -0.2) is 49.3 Å². The number of ether oxygens (including phenoxy) is 3. The van der Waals surface area contributed by atoms with E-state index in [2.05, 4.69) is 109 Å². The first-order valence-electron chi connectivity index (χ1n) is 23.7. The third-order valence-corrected chi connectivity index (χ3v) is 11.6. The summed E-state index contributed by atoms with van der Waals surface area (Å²) in [5.41, 5.74) is 0.284. The summed E-state index contributed by atoms with van der Waals surface area (Å²) < 4.78 is 19.6. The van der Waals surface area contributed by atoms with Gasteiger partial charge in [-0.3, -0.25) is 0 Å². The van der Waals surface area contributed by atoms with Crippen LogP contribution < -0.4 is 0 Å². The molecule has 2 unspecified atom stereocenters. The minimum Gasteiger partial charge on any atom is -0.325 e. The van der Waals surface area contributed by atoms with Gasteiger partial charge in [0.05, 0.1) is 18.8 Å². The fourth-order valence-corrected chi connectivity index (χ4v) is 8.08. The lowest BCUT2D eigenvalue weighted by Crippen LogP contribution is -2.43. The molecule has 0 saturated carbocycles. The standard InChI is InChI=1S/C51H95NO3/c1-10-12-14-16-18-20-22-24-26-28-30-32-34-36-38-40-42-47(43-41-39-37-35-33-31-29-27-25-23-21-19-17-15-13-11-2)54-51(7)53-45-48(55-51)44-49(3,4)46-50(5,6)52(8)9/h18-21,24-27,47-48H,10-17,22-23,28-46H2,1-9H3/b20-18-,21-19-,26-24-,27-25-. The summed E-state index contributed by atoms with van der Waals surface area (Å²) in [5, 5.41) is 0. The lowest BCUT2D eigenvalue weighted by atomic mass is 9.76. The van der Waals surface area contributed by atoms with Crippen molar-refractivity contribution in [1.29, 1.82) is 0 Å². The zero-order valence-electron chi connectivity index (χ0n) is 38.5. The zero-order chi connectivity index (χ0) is 40.5. The predicted octanol–water partition coefficient (Wildman–Crippen LogP) is 16.0. The lowest BCUT2D eigenvalue weighted by Gasteiger charge is -2.40. The smallest absolute Gasteiger partial charge is 0.280 e. The van der Waals surface area contributed by atoms with Crippen molar-refractivity contribution in [3.05, 3.63) is 48.6 Å². The third kappa shape index (κ3) is 29.6. The summed E-state index contributed by atoms with van der Waals surface area (Å²) in [4.78, 5) is 2.33. The van der Waals surface area contributed by atoms with Gasteiger partial charge in [-0.25, -0.2) is 0 Å². The average Bonchev–Trinajstić information content (AvgIpc) is 3.48. The minimum atomic E-state index is -0.931. The van der Waals surface area contributed by atoms with Crippen LogP contribution in [-0.2, 0) is 14.2 Å². The average molecular weight is 770 g/mol. The summed E-state index contributed by atoms with van der Waals surface area (Å²) in [5.74, 6) is -0.931. The van der Waals surface area contributed by atoms with E-state index in [1.807, 2.05) is 6.92 Å². The maximum absolute atomic E-state index is 6.75. The van der Waals surface area contributed by atoms with Gasteiger partial charge < -0.3 is 19.1 Å².